The first kappa shape index (κ1) is 15.6. The Hall–Kier alpha value is -0.810. The van der Waals surface area contributed by atoms with E-state index in [-0.39, 0.29) is 5.91 Å². The summed E-state index contributed by atoms with van der Waals surface area (Å²) in [6, 6.07) is 5.13. The highest BCUT2D eigenvalue weighted by Gasteiger charge is 2.23. The van der Waals surface area contributed by atoms with Gasteiger partial charge in [0, 0.05) is 5.69 Å². The molecule has 0 atom stereocenters. The highest BCUT2D eigenvalue weighted by atomic mass is 35.5. The Labute approximate surface area is 129 Å². The van der Waals surface area contributed by atoms with Gasteiger partial charge in [-0.3, -0.25) is 4.79 Å². The van der Waals surface area contributed by atoms with Crippen LogP contribution in [0.15, 0.2) is 18.2 Å². The van der Waals surface area contributed by atoms with E-state index in [4.69, 9.17) is 23.2 Å². The molecule has 1 saturated heterocycles. The fraction of sp³-hybridized carbons (Fsp3) is 0.500. The molecule has 3 N–H and O–H groups in total. The Morgan fingerprint density at radius 1 is 1.15 bits per heavy atom. The van der Waals surface area contributed by atoms with E-state index in [1.54, 1.807) is 23.1 Å². The average Bonchev–Trinajstić information content (AvgIpc) is 2.44. The molecular weight excluding hydrogens is 297 g/mol. The van der Waals surface area contributed by atoms with Crippen molar-refractivity contribution < 1.29 is 14.6 Å². The Bertz CT molecular complexity index is 473. The van der Waals surface area contributed by atoms with Crippen LogP contribution in [0.1, 0.15) is 6.92 Å². The van der Waals surface area contributed by atoms with Gasteiger partial charge in [0.25, 0.3) is 5.91 Å². The van der Waals surface area contributed by atoms with Crippen LogP contribution in [-0.4, -0.2) is 45.2 Å². The Morgan fingerprint density at radius 3 is 2.40 bits per heavy atom. The maximum atomic E-state index is 12.0. The van der Waals surface area contributed by atoms with Gasteiger partial charge >= 0.3 is 0 Å². The fourth-order valence-corrected chi connectivity index (χ4v) is 2.79. The summed E-state index contributed by atoms with van der Waals surface area (Å²) in [5.41, 5.74) is 0.696. The molecule has 20 heavy (non-hydrogen) atoms. The van der Waals surface area contributed by atoms with Gasteiger partial charge in [-0.1, -0.05) is 23.2 Å². The van der Waals surface area contributed by atoms with Crippen LogP contribution in [0, 0.1) is 0 Å². The molecule has 0 aliphatic carbocycles. The lowest BCUT2D eigenvalue weighted by Gasteiger charge is -2.28. The van der Waals surface area contributed by atoms with Gasteiger partial charge in [-0.2, -0.15) is 0 Å². The molecule has 0 radical (unpaired) electrons. The van der Waals surface area contributed by atoms with E-state index >= 15 is 0 Å². The van der Waals surface area contributed by atoms with Crippen LogP contribution in [0.4, 0.5) is 5.69 Å². The Kier molecular flexibility index (Phi) is 5.66. The highest BCUT2D eigenvalue weighted by molar-refractivity contribution is 6.42. The Morgan fingerprint density at radius 2 is 1.80 bits per heavy atom. The lowest BCUT2D eigenvalue weighted by atomic mass is 10.3. The molecule has 1 aliphatic heterocycles. The largest absolute Gasteiger partial charge is 0.326 e. The van der Waals surface area contributed by atoms with Crippen LogP contribution < -0.4 is 15.1 Å². The van der Waals surface area contributed by atoms with Crippen molar-refractivity contribution in [2.24, 2.45) is 0 Å². The van der Waals surface area contributed by atoms with Crippen LogP contribution in [0.3, 0.4) is 0 Å². The number of benzene rings is 1. The first-order chi connectivity index (χ1) is 9.58. The molecule has 1 fully saturated rings. The minimum Gasteiger partial charge on any atom is -0.326 e. The summed E-state index contributed by atoms with van der Waals surface area (Å²) in [6.07, 6.45) is 0. The molecule has 1 aromatic rings. The average molecular weight is 318 g/mol. The minimum absolute atomic E-state index is 0.0262. The molecule has 1 amide bonds. The third-order valence-electron chi connectivity index (χ3n) is 3.78. The maximum Gasteiger partial charge on any atom is 0.279 e. The van der Waals surface area contributed by atoms with E-state index in [1.165, 1.54) is 11.4 Å². The number of amides is 1. The molecule has 0 unspecified atom stereocenters. The van der Waals surface area contributed by atoms with Crippen molar-refractivity contribution in [3.63, 3.8) is 0 Å². The van der Waals surface area contributed by atoms with Crippen LogP contribution in [0.5, 0.6) is 0 Å². The molecule has 0 bridgehead atoms. The van der Waals surface area contributed by atoms with E-state index in [9.17, 15) is 4.79 Å². The maximum absolute atomic E-state index is 12.0. The molecule has 4 nitrogen and oxygen atoms in total. The lowest BCUT2D eigenvalue weighted by Crippen LogP contribution is -3.28. The summed E-state index contributed by atoms with van der Waals surface area (Å²) in [6.45, 7) is 8.28. The second-order valence-electron chi connectivity index (χ2n) is 5.21. The second kappa shape index (κ2) is 7.27. The quantitative estimate of drug-likeness (QED) is 0.703. The number of halogens is 2. The molecule has 0 spiro atoms. The van der Waals surface area contributed by atoms with Gasteiger partial charge in [0.05, 0.1) is 16.6 Å². The zero-order chi connectivity index (χ0) is 14.5. The number of likely N-dealkylation sites (N-methyl/N-ethyl adjacent to an activating group) is 1. The highest BCUT2D eigenvalue weighted by Crippen LogP contribution is 2.24. The van der Waals surface area contributed by atoms with Gasteiger partial charge in [0.1, 0.15) is 26.2 Å². The normalized spacial score (nSPS) is 22.6. The van der Waals surface area contributed by atoms with Gasteiger partial charge in [-0.15, -0.1) is 0 Å². The zero-order valence-corrected chi connectivity index (χ0v) is 13.2. The number of carbonyl (C=O) groups is 1. The van der Waals surface area contributed by atoms with Crippen LogP contribution in [-0.2, 0) is 4.79 Å². The monoisotopic (exact) mass is 317 g/mol. The first-order valence-electron chi connectivity index (χ1n) is 7.00. The van der Waals surface area contributed by atoms with Crippen LogP contribution in [0.2, 0.25) is 10.0 Å². The molecule has 1 aliphatic rings. The van der Waals surface area contributed by atoms with Crippen LogP contribution in [0.25, 0.3) is 0 Å². The molecule has 1 heterocycles. The van der Waals surface area contributed by atoms with Crippen molar-refractivity contribution in [2.75, 3.05) is 44.6 Å². The smallest absolute Gasteiger partial charge is 0.279 e. The predicted molar refractivity (Wildman–Crippen MR) is 81.9 cm³/mol. The lowest BCUT2D eigenvalue weighted by molar-refractivity contribution is -1.01. The van der Waals surface area contributed by atoms with Gasteiger partial charge in [-0.05, 0) is 25.1 Å². The van der Waals surface area contributed by atoms with Crippen molar-refractivity contribution in [2.45, 2.75) is 6.92 Å². The minimum atomic E-state index is 0.0262. The zero-order valence-electron chi connectivity index (χ0n) is 11.6. The number of piperazine rings is 1. The molecule has 2 rings (SSSR count). The molecule has 0 aromatic heterocycles. The van der Waals surface area contributed by atoms with Gasteiger partial charge in [0.2, 0.25) is 0 Å². The van der Waals surface area contributed by atoms with Crippen molar-refractivity contribution in [1.29, 1.82) is 0 Å². The second-order valence-corrected chi connectivity index (χ2v) is 6.02. The summed E-state index contributed by atoms with van der Waals surface area (Å²) in [4.78, 5) is 15.0. The van der Waals surface area contributed by atoms with E-state index in [0.717, 1.165) is 26.2 Å². The SMILES string of the molecule is CC[NH+]1CC[NH+](CC(=O)Nc2ccc(Cl)c(Cl)c2)CC1. The van der Waals surface area contributed by atoms with Crippen LogP contribution >= 0.6 is 23.2 Å². The van der Waals surface area contributed by atoms with Gasteiger partial charge < -0.3 is 15.1 Å². The number of rotatable bonds is 4. The standard InChI is InChI=1S/C14H19Cl2N3O/c1-2-18-5-7-19(8-6-18)10-14(20)17-11-3-4-12(15)13(16)9-11/h3-4,9H,2,5-8,10H2,1H3,(H,17,20)/p+2. The Balaban J connectivity index is 1.82. The van der Waals surface area contributed by atoms with E-state index in [1.807, 2.05) is 0 Å². The van der Waals surface area contributed by atoms with Gasteiger partial charge in [-0.25, -0.2) is 0 Å². The summed E-state index contributed by atoms with van der Waals surface area (Å²) in [5.74, 6) is 0.0262. The number of hydrogen-bond donors (Lipinski definition) is 3. The van der Waals surface area contributed by atoms with E-state index in [0.29, 0.717) is 22.3 Å². The molecular formula is C14H21Cl2N3O+2. The van der Waals surface area contributed by atoms with Crippen molar-refractivity contribution >= 4 is 34.8 Å². The molecule has 0 saturated carbocycles. The summed E-state index contributed by atoms with van der Waals surface area (Å²) in [7, 11) is 0. The third-order valence-corrected chi connectivity index (χ3v) is 4.52. The summed E-state index contributed by atoms with van der Waals surface area (Å²) in [5, 5.41) is 3.82. The third kappa shape index (κ3) is 4.35. The number of hydrogen-bond acceptors (Lipinski definition) is 1. The van der Waals surface area contributed by atoms with Crippen molar-refractivity contribution in [3.8, 4) is 0 Å². The number of quaternary nitrogens is 2. The van der Waals surface area contributed by atoms with Gasteiger partial charge in [0.15, 0.2) is 6.54 Å². The predicted octanol–water partition coefficient (Wildman–Crippen LogP) is -0.265. The summed E-state index contributed by atoms with van der Waals surface area (Å²) >= 11 is 11.8. The van der Waals surface area contributed by atoms with E-state index in [2.05, 4.69) is 12.2 Å². The summed E-state index contributed by atoms with van der Waals surface area (Å²) < 4.78 is 0. The van der Waals surface area contributed by atoms with Crippen molar-refractivity contribution in [3.05, 3.63) is 28.2 Å². The number of carbonyl (C=O) groups excluding carboxylic acids is 1. The topological polar surface area (TPSA) is 38.0 Å². The first-order valence-corrected chi connectivity index (χ1v) is 7.76. The molecule has 6 heteroatoms. The number of anilines is 1. The molecule has 110 valence electrons. The van der Waals surface area contributed by atoms with E-state index < -0.39 is 0 Å². The molecule has 1 aromatic carbocycles. The number of nitrogens with one attached hydrogen (secondary N) is 3. The van der Waals surface area contributed by atoms with Crippen molar-refractivity contribution in [1.82, 2.24) is 0 Å². The fourth-order valence-electron chi connectivity index (χ4n) is 2.49.